The fourth-order valence-corrected chi connectivity index (χ4v) is 4.92. The van der Waals surface area contributed by atoms with Gasteiger partial charge in [-0.25, -0.2) is 4.68 Å². The molecule has 3 heterocycles. The Hall–Kier alpha value is -3.33. The summed E-state index contributed by atoms with van der Waals surface area (Å²) in [6.45, 7) is 6.75. The summed E-state index contributed by atoms with van der Waals surface area (Å²) in [7, 11) is 0. The number of ether oxygens (including phenoxy) is 1. The number of hydrogen-bond donors (Lipinski definition) is 0. The molecule has 0 saturated heterocycles. The summed E-state index contributed by atoms with van der Waals surface area (Å²) in [5.74, 6) is 1.79. The van der Waals surface area contributed by atoms with Gasteiger partial charge in [-0.05, 0) is 40.8 Å². The SMILES string of the molecule is CC(C)(C)c1ccc2c(c1)C1(c3ccccc3O2)c2ccccc2-c2ccnn21. The smallest absolute Gasteiger partial charge is 0.146 e. The Kier molecular flexibility index (Phi) is 3.08. The molecule has 3 aromatic carbocycles. The van der Waals surface area contributed by atoms with Gasteiger partial charge in [0.1, 0.15) is 17.0 Å². The molecule has 0 radical (unpaired) electrons. The molecule has 0 amide bonds. The van der Waals surface area contributed by atoms with Crippen LogP contribution in [0.3, 0.4) is 0 Å². The molecule has 0 fully saturated rings. The lowest BCUT2D eigenvalue weighted by atomic mass is 9.73. The van der Waals surface area contributed by atoms with Crippen LogP contribution in [0.2, 0.25) is 0 Å². The maximum Gasteiger partial charge on any atom is 0.146 e. The van der Waals surface area contributed by atoms with E-state index in [4.69, 9.17) is 9.84 Å². The Morgan fingerprint density at radius 2 is 1.52 bits per heavy atom. The first kappa shape index (κ1) is 16.6. The molecule has 0 bridgehead atoms. The molecule has 29 heavy (non-hydrogen) atoms. The molecule has 1 aromatic heterocycles. The summed E-state index contributed by atoms with van der Waals surface area (Å²) in [5, 5.41) is 4.84. The van der Waals surface area contributed by atoms with Crippen LogP contribution in [0, 0.1) is 0 Å². The largest absolute Gasteiger partial charge is 0.457 e. The van der Waals surface area contributed by atoms with Gasteiger partial charge in [-0.15, -0.1) is 0 Å². The van der Waals surface area contributed by atoms with E-state index in [2.05, 4.69) is 92.2 Å². The molecule has 1 unspecified atom stereocenters. The summed E-state index contributed by atoms with van der Waals surface area (Å²) < 4.78 is 8.58. The van der Waals surface area contributed by atoms with E-state index in [1.54, 1.807) is 0 Å². The highest BCUT2D eigenvalue weighted by molar-refractivity contribution is 5.78. The van der Waals surface area contributed by atoms with Gasteiger partial charge in [-0.1, -0.05) is 69.3 Å². The van der Waals surface area contributed by atoms with Crippen molar-refractivity contribution in [3.05, 3.63) is 101 Å². The van der Waals surface area contributed by atoms with Gasteiger partial charge in [0, 0.05) is 22.9 Å². The summed E-state index contributed by atoms with van der Waals surface area (Å²) in [4.78, 5) is 0. The van der Waals surface area contributed by atoms with Crippen LogP contribution in [0.4, 0.5) is 0 Å². The van der Waals surface area contributed by atoms with Crippen molar-refractivity contribution in [1.82, 2.24) is 9.78 Å². The van der Waals surface area contributed by atoms with Crippen LogP contribution in [0.15, 0.2) is 79.0 Å². The third kappa shape index (κ3) is 2.00. The molecule has 4 aromatic rings. The van der Waals surface area contributed by atoms with Crippen LogP contribution in [-0.2, 0) is 11.0 Å². The highest BCUT2D eigenvalue weighted by atomic mass is 16.5. The first-order chi connectivity index (χ1) is 14.0. The van der Waals surface area contributed by atoms with E-state index in [9.17, 15) is 0 Å². The first-order valence-electron chi connectivity index (χ1n) is 10.1. The van der Waals surface area contributed by atoms with Crippen LogP contribution in [-0.4, -0.2) is 9.78 Å². The second-order valence-corrected chi connectivity index (χ2v) is 8.94. The third-order valence-electron chi connectivity index (χ3n) is 6.29. The van der Waals surface area contributed by atoms with Crippen LogP contribution in [0.5, 0.6) is 11.5 Å². The number of para-hydroxylation sites is 1. The molecule has 142 valence electrons. The first-order valence-corrected chi connectivity index (χ1v) is 10.1. The Bertz CT molecular complexity index is 1280. The van der Waals surface area contributed by atoms with Gasteiger partial charge in [0.25, 0.3) is 0 Å². The molecule has 6 rings (SSSR count). The predicted octanol–water partition coefficient (Wildman–Crippen LogP) is 6.11. The van der Waals surface area contributed by atoms with Crippen molar-refractivity contribution in [2.75, 3.05) is 0 Å². The molecule has 0 saturated carbocycles. The highest BCUT2D eigenvalue weighted by Gasteiger charge is 2.52. The van der Waals surface area contributed by atoms with Crippen LogP contribution in [0.1, 0.15) is 43.0 Å². The molecule has 3 nitrogen and oxygen atoms in total. The van der Waals surface area contributed by atoms with Gasteiger partial charge in [0.05, 0.1) is 5.69 Å². The van der Waals surface area contributed by atoms with E-state index in [-0.39, 0.29) is 5.41 Å². The van der Waals surface area contributed by atoms with E-state index in [0.717, 1.165) is 28.3 Å². The monoisotopic (exact) mass is 378 g/mol. The number of benzene rings is 3. The molecular weight excluding hydrogens is 356 g/mol. The standard InChI is InChI=1S/C26H22N2O/c1-25(2,3)17-12-13-24-21(16-17)26(20-10-6-7-11-23(20)29-24)19-9-5-4-8-18(19)22-14-15-27-28(22)26/h4-16H,1-3H3. The second-order valence-electron chi connectivity index (χ2n) is 8.94. The maximum absolute atomic E-state index is 6.40. The van der Waals surface area contributed by atoms with E-state index in [0.29, 0.717) is 0 Å². The Balaban J connectivity index is 1.80. The van der Waals surface area contributed by atoms with E-state index >= 15 is 0 Å². The summed E-state index contributed by atoms with van der Waals surface area (Å²) in [5.41, 5.74) is 6.71. The van der Waals surface area contributed by atoms with Gasteiger partial charge in [-0.2, -0.15) is 5.10 Å². The minimum Gasteiger partial charge on any atom is -0.457 e. The van der Waals surface area contributed by atoms with Gasteiger partial charge in [-0.3, -0.25) is 0 Å². The number of nitrogens with zero attached hydrogens (tertiary/aromatic N) is 2. The lowest BCUT2D eigenvalue weighted by molar-refractivity contribution is 0.380. The molecule has 1 atom stereocenters. The summed E-state index contributed by atoms with van der Waals surface area (Å²) in [6.07, 6.45) is 1.90. The fraction of sp³-hybridized carbons (Fsp3) is 0.192. The lowest BCUT2D eigenvalue weighted by Gasteiger charge is -2.39. The van der Waals surface area contributed by atoms with Crippen molar-refractivity contribution in [2.45, 2.75) is 31.7 Å². The zero-order valence-electron chi connectivity index (χ0n) is 16.8. The average Bonchev–Trinajstić information content (AvgIpc) is 3.29. The van der Waals surface area contributed by atoms with E-state index in [1.807, 2.05) is 12.3 Å². The number of fused-ring (bicyclic) bond motifs is 9. The Morgan fingerprint density at radius 1 is 0.793 bits per heavy atom. The van der Waals surface area contributed by atoms with Crippen molar-refractivity contribution in [3.63, 3.8) is 0 Å². The number of hydrogen-bond acceptors (Lipinski definition) is 2. The molecule has 0 N–H and O–H groups in total. The van der Waals surface area contributed by atoms with Crippen molar-refractivity contribution in [1.29, 1.82) is 0 Å². The second kappa shape index (κ2) is 5.38. The fourth-order valence-electron chi connectivity index (χ4n) is 4.92. The zero-order chi connectivity index (χ0) is 19.8. The van der Waals surface area contributed by atoms with E-state index < -0.39 is 5.54 Å². The number of rotatable bonds is 0. The average molecular weight is 378 g/mol. The van der Waals surface area contributed by atoms with Gasteiger partial charge < -0.3 is 4.74 Å². The summed E-state index contributed by atoms with van der Waals surface area (Å²) in [6, 6.07) is 25.8. The minimum atomic E-state index is -0.527. The van der Waals surface area contributed by atoms with Crippen molar-refractivity contribution >= 4 is 0 Å². The van der Waals surface area contributed by atoms with Crippen LogP contribution < -0.4 is 4.74 Å². The normalized spacial score (nSPS) is 18.6. The predicted molar refractivity (Wildman–Crippen MR) is 115 cm³/mol. The molecule has 1 spiro atoms. The quantitative estimate of drug-likeness (QED) is 0.319. The van der Waals surface area contributed by atoms with Crippen molar-refractivity contribution in [2.24, 2.45) is 0 Å². The van der Waals surface area contributed by atoms with Crippen LogP contribution in [0.25, 0.3) is 11.3 Å². The summed E-state index contributed by atoms with van der Waals surface area (Å²) >= 11 is 0. The van der Waals surface area contributed by atoms with Crippen molar-refractivity contribution < 1.29 is 4.74 Å². The molecule has 2 aliphatic rings. The number of aromatic nitrogens is 2. The van der Waals surface area contributed by atoms with Gasteiger partial charge in [0.15, 0.2) is 0 Å². The molecule has 3 heteroatoms. The zero-order valence-corrected chi connectivity index (χ0v) is 16.8. The van der Waals surface area contributed by atoms with Crippen LogP contribution >= 0.6 is 0 Å². The Labute approximate surface area is 170 Å². The molecular formula is C26H22N2O. The third-order valence-corrected chi connectivity index (χ3v) is 6.29. The van der Waals surface area contributed by atoms with Gasteiger partial charge in [0.2, 0.25) is 0 Å². The van der Waals surface area contributed by atoms with Crippen molar-refractivity contribution in [3.8, 4) is 22.8 Å². The Morgan fingerprint density at radius 3 is 2.34 bits per heavy atom. The molecule has 2 aliphatic heterocycles. The lowest BCUT2D eigenvalue weighted by Crippen LogP contribution is -2.38. The molecule has 0 aliphatic carbocycles. The highest BCUT2D eigenvalue weighted by Crippen LogP contribution is 2.58. The maximum atomic E-state index is 6.40. The topological polar surface area (TPSA) is 27.1 Å². The minimum absolute atomic E-state index is 0.0399. The van der Waals surface area contributed by atoms with E-state index in [1.165, 1.54) is 16.7 Å². The van der Waals surface area contributed by atoms with Gasteiger partial charge >= 0.3 is 0 Å².